The maximum absolute atomic E-state index is 14.3. The topological polar surface area (TPSA) is 180 Å². The summed E-state index contributed by atoms with van der Waals surface area (Å²) in [5, 5.41) is 40.7. The SMILES string of the molecule is COc1ccc(C2=C(C(=O)O[C@@H]3O[C@H](C(=O)O)[C@@H](O)[C@H](O)[C@H]3O)[C@@H](c3ccc4c(c3)OCO4)Oc3ccc(OC(C)C)cc32)cc1. The zero-order valence-corrected chi connectivity index (χ0v) is 25.0. The Hall–Kier alpha value is -4.82. The first kappa shape index (κ1) is 31.2. The van der Waals surface area contributed by atoms with Gasteiger partial charge < -0.3 is 53.6 Å². The van der Waals surface area contributed by atoms with Crippen LogP contribution < -0.4 is 23.7 Å². The summed E-state index contributed by atoms with van der Waals surface area (Å²) in [6.45, 7) is 3.77. The molecule has 6 rings (SSSR count). The van der Waals surface area contributed by atoms with Crippen molar-refractivity contribution in [1.82, 2.24) is 0 Å². The third kappa shape index (κ3) is 5.81. The summed E-state index contributed by atoms with van der Waals surface area (Å²) in [6.07, 6.45) is -11.1. The number of carboxylic acid groups (broad SMARTS) is 1. The van der Waals surface area contributed by atoms with E-state index in [0.29, 0.717) is 51.0 Å². The molecule has 46 heavy (non-hydrogen) atoms. The number of aliphatic hydroxyl groups excluding tert-OH is 3. The normalized spacial score (nSPS) is 25.0. The highest BCUT2D eigenvalue weighted by Gasteiger charge is 2.49. The molecule has 4 N–H and O–H groups in total. The third-order valence-electron chi connectivity index (χ3n) is 7.70. The molecule has 0 spiro atoms. The third-order valence-corrected chi connectivity index (χ3v) is 7.70. The molecule has 0 radical (unpaired) electrons. The Morgan fingerprint density at radius 2 is 1.54 bits per heavy atom. The largest absolute Gasteiger partial charge is 0.497 e. The summed E-state index contributed by atoms with van der Waals surface area (Å²) in [5.41, 5.74) is 1.87. The van der Waals surface area contributed by atoms with Gasteiger partial charge in [-0.05, 0) is 61.9 Å². The summed E-state index contributed by atoms with van der Waals surface area (Å²) >= 11 is 0. The van der Waals surface area contributed by atoms with Crippen molar-refractivity contribution in [3.8, 4) is 28.7 Å². The summed E-state index contributed by atoms with van der Waals surface area (Å²) < 4.78 is 39.7. The number of carbonyl (C=O) groups is 2. The van der Waals surface area contributed by atoms with Crippen LogP contribution in [-0.4, -0.2) is 83.1 Å². The Morgan fingerprint density at radius 1 is 0.848 bits per heavy atom. The molecule has 3 aliphatic rings. The van der Waals surface area contributed by atoms with E-state index in [4.69, 9.17) is 33.2 Å². The smallest absolute Gasteiger partial charge is 0.341 e. The number of ether oxygens (including phenoxy) is 7. The van der Waals surface area contributed by atoms with Gasteiger partial charge in [-0.15, -0.1) is 0 Å². The molecule has 3 aromatic rings. The van der Waals surface area contributed by atoms with Gasteiger partial charge in [-0.25, -0.2) is 9.59 Å². The molecule has 13 nitrogen and oxygen atoms in total. The number of aliphatic carboxylic acids is 1. The van der Waals surface area contributed by atoms with Gasteiger partial charge in [0.25, 0.3) is 0 Å². The molecule has 3 aliphatic heterocycles. The zero-order chi connectivity index (χ0) is 32.7. The molecule has 0 unspecified atom stereocenters. The highest BCUT2D eigenvalue weighted by Crippen LogP contribution is 2.48. The van der Waals surface area contributed by atoms with Gasteiger partial charge in [0.05, 0.1) is 18.8 Å². The van der Waals surface area contributed by atoms with Gasteiger partial charge >= 0.3 is 11.9 Å². The number of methoxy groups -OCH3 is 1. The number of hydrogen-bond donors (Lipinski definition) is 4. The predicted molar refractivity (Wildman–Crippen MR) is 158 cm³/mol. The standard InChI is InChI=1S/C33H32O13/c1-15(2)43-19-9-11-21-20(13-19)24(16-4-7-18(40-3)8-5-16)25(29(44-21)17-6-10-22-23(12-17)42-14-41-22)32(39)46-33-28(36)26(34)27(35)30(45-33)31(37)38/h4-13,15,26-30,33-36H,14H2,1-3H3,(H,37,38)/t26-,27-,28+,29+,30-,33-/m0/s1. The van der Waals surface area contributed by atoms with E-state index in [-0.39, 0.29) is 18.5 Å². The van der Waals surface area contributed by atoms with Crippen molar-refractivity contribution in [3.63, 3.8) is 0 Å². The van der Waals surface area contributed by atoms with Crippen LogP contribution in [0.25, 0.3) is 5.57 Å². The van der Waals surface area contributed by atoms with Crippen molar-refractivity contribution < 1.29 is 63.2 Å². The number of hydrogen-bond acceptors (Lipinski definition) is 12. The molecule has 0 bridgehead atoms. The lowest BCUT2D eigenvalue weighted by Gasteiger charge is -2.38. The van der Waals surface area contributed by atoms with Crippen molar-refractivity contribution in [1.29, 1.82) is 0 Å². The van der Waals surface area contributed by atoms with Crippen LogP contribution in [0, 0.1) is 0 Å². The molecule has 0 aliphatic carbocycles. The lowest BCUT2D eigenvalue weighted by atomic mass is 9.85. The number of rotatable bonds is 8. The molecule has 3 aromatic carbocycles. The molecule has 6 atom stereocenters. The first-order chi connectivity index (χ1) is 22.0. The van der Waals surface area contributed by atoms with Crippen LogP contribution in [0.2, 0.25) is 0 Å². The van der Waals surface area contributed by atoms with E-state index in [1.54, 1.807) is 60.7 Å². The first-order valence-corrected chi connectivity index (χ1v) is 14.4. The Morgan fingerprint density at radius 3 is 2.24 bits per heavy atom. The minimum absolute atomic E-state index is 0.0173. The van der Waals surface area contributed by atoms with E-state index in [0.717, 1.165) is 0 Å². The molecule has 13 heteroatoms. The highest BCUT2D eigenvalue weighted by molar-refractivity contribution is 6.05. The quantitative estimate of drug-likeness (QED) is 0.265. The fourth-order valence-electron chi connectivity index (χ4n) is 5.52. The van der Waals surface area contributed by atoms with E-state index in [2.05, 4.69) is 0 Å². The van der Waals surface area contributed by atoms with Crippen LogP contribution in [0.3, 0.4) is 0 Å². The van der Waals surface area contributed by atoms with Crippen LogP contribution >= 0.6 is 0 Å². The zero-order valence-electron chi connectivity index (χ0n) is 25.0. The maximum atomic E-state index is 14.3. The predicted octanol–water partition coefficient (Wildman–Crippen LogP) is 2.58. The second-order valence-corrected chi connectivity index (χ2v) is 11.1. The van der Waals surface area contributed by atoms with Crippen molar-refractivity contribution in [2.24, 2.45) is 0 Å². The van der Waals surface area contributed by atoms with Gasteiger partial charge in [-0.1, -0.05) is 18.2 Å². The van der Waals surface area contributed by atoms with Gasteiger partial charge in [-0.2, -0.15) is 0 Å². The molecule has 0 amide bonds. The number of fused-ring (bicyclic) bond motifs is 2. The number of benzene rings is 3. The van der Waals surface area contributed by atoms with Gasteiger partial charge in [0, 0.05) is 16.7 Å². The minimum atomic E-state index is -1.98. The Bertz CT molecular complexity index is 1660. The summed E-state index contributed by atoms with van der Waals surface area (Å²) in [7, 11) is 1.53. The van der Waals surface area contributed by atoms with Crippen LogP contribution in [0.15, 0.2) is 66.2 Å². The molecular weight excluding hydrogens is 604 g/mol. The summed E-state index contributed by atoms with van der Waals surface area (Å²) in [4.78, 5) is 26.0. The molecule has 0 saturated carbocycles. The first-order valence-electron chi connectivity index (χ1n) is 14.4. The molecular formula is C33H32O13. The van der Waals surface area contributed by atoms with Gasteiger partial charge in [0.15, 0.2) is 23.7 Å². The van der Waals surface area contributed by atoms with Crippen molar-refractivity contribution in [2.75, 3.05) is 13.9 Å². The second kappa shape index (κ2) is 12.5. The molecule has 3 heterocycles. The van der Waals surface area contributed by atoms with Crippen LogP contribution in [0.4, 0.5) is 0 Å². The van der Waals surface area contributed by atoms with E-state index in [9.17, 15) is 30.0 Å². The molecule has 1 fully saturated rings. The fraction of sp³-hybridized carbons (Fsp3) is 0.333. The van der Waals surface area contributed by atoms with Gasteiger partial charge in [0.1, 0.15) is 35.6 Å². The maximum Gasteiger partial charge on any atom is 0.341 e. The summed E-state index contributed by atoms with van der Waals surface area (Å²) in [5.74, 6) is -0.251. The lowest BCUT2D eigenvalue weighted by Crippen LogP contribution is -2.60. The Kier molecular flexibility index (Phi) is 8.49. The number of carboxylic acids is 1. The number of carbonyl (C=O) groups excluding carboxylic acids is 1. The molecule has 0 aromatic heterocycles. The Balaban J connectivity index is 1.53. The Labute approximate surface area is 263 Å². The van der Waals surface area contributed by atoms with Gasteiger partial charge in [-0.3, -0.25) is 0 Å². The average molecular weight is 637 g/mol. The van der Waals surface area contributed by atoms with Gasteiger partial charge in [0.2, 0.25) is 13.1 Å². The average Bonchev–Trinajstić information content (AvgIpc) is 3.52. The van der Waals surface area contributed by atoms with E-state index < -0.39 is 48.7 Å². The van der Waals surface area contributed by atoms with E-state index >= 15 is 0 Å². The highest BCUT2D eigenvalue weighted by atomic mass is 16.7. The van der Waals surface area contributed by atoms with Crippen molar-refractivity contribution in [3.05, 3.63) is 82.9 Å². The minimum Gasteiger partial charge on any atom is -0.497 e. The van der Waals surface area contributed by atoms with Crippen molar-refractivity contribution >= 4 is 17.5 Å². The van der Waals surface area contributed by atoms with Crippen LogP contribution in [0.5, 0.6) is 28.7 Å². The number of esters is 1. The fourth-order valence-corrected chi connectivity index (χ4v) is 5.52. The number of aliphatic hydroxyl groups is 3. The monoisotopic (exact) mass is 636 g/mol. The second-order valence-electron chi connectivity index (χ2n) is 11.1. The van der Waals surface area contributed by atoms with E-state index in [1.807, 2.05) is 13.8 Å². The summed E-state index contributed by atoms with van der Waals surface area (Å²) in [6, 6.07) is 17.2. The van der Waals surface area contributed by atoms with Crippen LogP contribution in [-0.2, 0) is 19.1 Å². The lowest BCUT2D eigenvalue weighted by molar-refractivity contribution is -0.285. The van der Waals surface area contributed by atoms with Crippen molar-refractivity contribution in [2.45, 2.75) is 56.8 Å². The van der Waals surface area contributed by atoms with E-state index in [1.165, 1.54) is 7.11 Å². The molecule has 1 saturated heterocycles. The van der Waals surface area contributed by atoms with Crippen LogP contribution in [0.1, 0.15) is 36.6 Å². The molecule has 242 valence electrons.